The topological polar surface area (TPSA) is 153 Å². The SMILES string of the molecule is CC(Sc1cccc(NC(=O)c2ccccc2C(=O)O)c1)C(=O)Nc1ccc(O)c(C(=O)O)c1. The van der Waals surface area contributed by atoms with Crippen LogP contribution in [0.25, 0.3) is 0 Å². The zero-order valence-electron chi connectivity index (χ0n) is 17.8. The first-order chi connectivity index (χ1) is 16.2. The van der Waals surface area contributed by atoms with Gasteiger partial charge in [-0.1, -0.05) is 18.2 Å². The zero-order chi connectivity index (χ0) is 24.8. The van der Waals surface area contributed by atoms with E-state index in [4.69, 9.17) is 5.11 Å². The number of rotatable bonds is 8. The molecule has 0 radical (unpaired) electrons. The largest absolute Gasteiger partial charge is 0.507 e. The molecule has 0 saturated carbocycles. The van der Waals surface area contributed by atoms with Gasteiger partial charge in [-0.25, -0.2) is 9.59 Å². The zero-order valence-corrected chi connectivity index (χ0v) is 18.6. The first-order valence-corrected chi connectivity index (χ1v) is 10.8. The maximum atomic E-state index is 12.6. The minimum Gasteiger partial charge on any atom is -0.507 e. The van der Waals surface area contributed by atoms with Crippen LogP contribution >= 0.6 is 11.8 Å². The Morgan fingerprint density at radius 3 is 2.09 bits per heavy atom. The van der Waals surface area contributed by atoms with Crippen LogP contribution < -0.4 is 10.6 Å². The summed E-state index contributed by atoms with van der Waals surface area (Å²) < 4.78 is 0. The Bertz CT molecular complexity index is 1280. The standard InChI is InChI=1S/C24H20N2O7S/c1-13(21(28)25-15-9-10-20(27)19(12-15)24(32)33)34-16-6-4-5-14(11-16)26-22(29)17-7-2-3-8-18(17)23(30)31/h2-13,27H,1H3,(H,25,28)(H,26,29)(H,30,31)(H,32,33). The van der Waals surface area contributed by atoms with Gasteiger partial charge in [0, 0.05) is 16.3 Å². The lowest BCUT2D eigenvalue weighted by molar-refractivity contribution is -0.115. The molecule has 2 amide bonds. The van der Waals surface area contributed by atoms with E-state index in [0.717, 1.165) is 6.07 Å². The van der Waals surface area contributed by atoms with Crippen LogP contribution in [0.1, 0.15) is 38.0 Å². The van der Waals surface area contributed by atoms with Crippen LogP contribution in [0.4, 0.5) is 11.4 Å². The summed E-state index contributed by atoms with van der Waals surface area (Å²) in [5.74, 6) is -3.90. The Kier molecular flexibility index (Phi) is 7.54. The molecule has 34 heavy (non-hydrogen) atoms. The number of hydrogen-bond donors (Lipinski definition) is 5. The predicted octanol–water partition coefficient (Wildman–Crippen LogP) is 4.16. The van der Waals surface area contributed by atoms with Crippen molar-refractivity contribution in [3.05, 3.63) is 83.4 Å². The lowest BCUT2D eigenvalue weighted by atomic mass is 10.1. The van der Waals surface area contributed by atoms with Crippen molar-refractivity contribution in [2.45, 2.75) is 17.1 Å². The van der Waals surface area contributed by atoms with Crippen LogP contribution in [-0.2, 0) is 4.79 Å². The van der Waals surface area contributed by atoms with Crippen LogP contribution in [0.2, 0.25) is 0 Å². The van der Waals surface area contributed by atoms with Crippen molar-refractivity contribution in [3.8, 4) is 5.75 Å². The van der Waals surface area contributed by atoms with E-state index < -0.39 is 34.8 Å². The molecule has 0 aliphatic rings. The number of benzene rings is 3. The molecule has 3 aromatic carbocycles. The number of amides is 2. The van der Waals surface area contributed by atoms with Crippen molar-refractivity contribution in [1.82, 2.24) is 0 Å². The van der Waals surface area contributed by atoms with Gasteiger partial charge in [0.05, 0.1) is 16.4 Å². The summed E-state index contributed by atoms with van der Waals surface area (Å²) in [6.07, 6.45) is 0. The molecule has 0 spiro atoms. The number of carbonyl (C=O) groups excluding carboxylic acids is 2. The van der Waals surface area contributed by atoms with Gasteiger partial charge in [-0.15, -0.1) is 11.8 Å². The minimum atomic E-state index is -1.32. The third-order valence-electron chi connectivity index (χ3n) is 4.67. The molecule has 10 heteroatoms. The third-order valence-corrected chi connectivity index (χ3v) is 5.76. The summed E-state index contributed by atoms with van der Waals surface area (Å²) in [6.45, 7) is 1.66. The van der Waals surface area contributed by atoms with Crippen molar-refractivity contribution in [3.63, 3.8) is 0 Å². The van der Waals surface area contributed by atoms with Gasteiger partial charge in [0.1, 0.15) is 11.3 Å². The summed E-state index contributed by atoms with van der Waals surface area (Å²) in [4.78, 5) is 48.3. The lowest BCUT2D eigenvalue weighted by Crippen LogP contribution is -2.22. The summed E-state index contributed by atoms with van der Waals surface area (Å²) in [5.41, 5.74) is 0.232. The number of carboxylic acid groups (broad SMARTS) is 2. The third kappa shape index (κ3) is 5.93. The van der Waals surface area contributed by atoms with Gasteiger partial charge in [0.2, 0.25) is 5.91 Å². The maximum absolute atomic E-state index is 12.6. The molecule has 0 aliphatic heterocycles. The van der Waals surface area contributed by atoms with E-state index in [1.807, 2.05) is 0 Å². The second kappa shape index (κ2) is 10.5. The van der Waals surface area contributed by atoms with Crippen LogP contribution in [0.5, 0.6) is 5.75 Å². The fraction of sp³-hybridized carbons (Fsp3) is 0.0833. The van der Waals surface area contributed by atoms with Crippen molar-refractivity contribution in [2.75, 3.05) is 10.6 Å². The number of aromatic hydroxyl groups is 1. The summed E-state index contributed by atoms with van der Waals surface area (Å²) in [7, 11) is 0. The van der Waals surface area contributed by atoms with Crippen molar-refractivity contribution in [2.24, 2.45) is 0 Å². The number of nitrogens with one attached hydrogen (secondary N) is 2. The normalized spacial score (nSPS) is 11.3. The molecule has 174 valence electrons. The highest BCUT2D eigenvalue weighted by molar-refractivity contribution is 8.00. The average molecular weight is 480 g/mol. The molecule has 9 nitrogen and oxygen atoms in total. The van der Waals surface area contributed by atoms with E-state index in [1.54, 1.807) is 37.3 Å². The second-order valence-electron chi connectivity index (χ2n) is 7.12. The van der Waals surface area contributed by atoms with Crippen molar-refractivity contribution in [1.29, 1.82) is 0 Å². The van der Waals surface area contributed by atoms with Crippen LogP contribution in [0.15, 0.2) is 71.6 Å². The van der Waals surface area contributed by atoms with Gasteiger partial charge < -0.3 is 26.0 Å². The van der Waals surface area contributed by atoms with Crippen molar-refractivity contribution >= 4 is 46.9 Å². The summed E-state index contributed by atoms with van der Waals surface area (Å²) in [6, 6.07) is 16.3. The molecule has 1 atom stereocenters. The molecular formula is C24H20N2O7S. The monoisotopic (exact) mass is 480 g/mol. The molecule has 0 bridgehead atoms. The molecule has 3 aromatic rings. The number of phenols is 1. The number of carboxylic acids is 2. The molecule has 0 fully saturated rings. The fourth-order valence-corrected chi connectivity index (χ4v) is 3.93. The van der Waals surface area contributed by atoms with Crippen molar-refractivity contribution < 1.29 is 34.5 Å². The molecule has 1 unspecified atom stereocenters. The highest BCUT2D eigenvalue weighted by Crippen LogP contribution is 2.28. The second-order valence-corrected chi connectivity index (χ2v) is 8.53. The Hall–Kier alpha value is -4.31. The molecule has 5 N–H and O–H groups in total. The fourth-order valence-electron chi connectivity index (χ4n) is 3.00. The van der Waals surface area contributed by atoms with Gasteiger partial charge >= 0.3 is 11.9 Å². The van der Waals surface area contributed by atoms with E-state index in [2.05, 4.69) is 10.6 Å². The molecular weight excluding hydrogens is 460 g/mol. The minimum absolute atomic E-state index is 0.0235. The predicted molar refractivity (Wildman–Crippen MR) is 127 cm³/mol. The highest BCUT2D eigenvalue weighted by Gasteiger charge is 2.18. The van der Waals surface area contributed by atoms with Crippen LogP contribution in [0, 0.1) is 0 Å². The molecule has 3 rings (SSSR count). The maximum Gasteiger partial charge on any atom is 0.339 e. The highest BCUT2D eigenvalue weighted by atomic mass is 32.2. The van der Waals surface area contributed by atoms with Crippen LogP contribution in [0.3, 0.4) is 0 Å². The van der Waals surface area contributed by atoms with Gasteiger partial charge in [-0.3, -0.25) is 9.59 Å². The van der Waals surface area contributed by atoms with Crippen LogP contribution in [-0.4, -0.2) is 44.3 Å². The number of hydrogen-bond acceptors (Lipinski definition) is 6. The van der Waals surface area contributed by atoms with Gasteiger partial charge in [-0.2, -0.15) is 0 Å². The smallest absolute Gasteiger partial charge is 0.339 e. The number of anilines is 2. The van der Waals surface area contributed by atoms with E-state index in [-0.39, 0.29) is 22.4 Å². The lowest BCUT2D eigenvalue weighted by Gasteiger charge is -2.14. The average Bonchev–Trinajstić information content (AvgIpc) is 2.80. The van der Waals surface area contributed by atoms with Gasteiger partial charge in [0.15, 0.2) is 0 Å². The molecule has 0 saturated heterocycles. The first-order valence-electron chi connectivity index (χ1n) is 9.93. The van der Waals surface area contributed by atoms with E-state index >= 15 is 0 Å². The summed E-state index contributed by atoms with van der Waals surface area (Å²) in [5, 5.41) is 32.7. The number of carbonyl (C=O) groups is 4. The molecule has 0 aliphatic carbocycles. The quantitative estimate of drug-likeness (QED) is 0.238. The molecule has 0 heterocycles. The Morgan fingerprint density at radius 2 is 1.41 bits per heavy atom. The first kappa shape index (κ1) is 24.3. The summed E-state index contributed by atoms with van der Waals surface area (Å²) >= 11 is 1.21. The Labute approximate surface area is 198 Å². The Balaban J connectivity index is 1.67. The van der Waals surface area contributed by atoms with Gasteiger partial charge in [-0.05, 0) is 55.5 Å². The number of thioether (sulfide) groups is 1. The van der Waals surface area contributed by atoms with Gasteiger partial charge in [0.25, 0.3) is 5.91 Å². The Morgan fingerprint density at radius 1 is 0.765 bits per heavy atom. The van der Waals surface area contributed by atoms with E-state index in [9.17, 15) is 29.4 Å². The van der Waals surface area contributed by atoms with E-state index in [1.165, 1.54) is 42.1 Å². The van der Waals surface area contributed by atoms with E-state index in [0.29, 0.717) is 10.6 Å². The molecule has 0 aromatic heterocycles. The number of aromatic carboxylic acids is 2.